The number of nitrogens with two attached hydrogens (primary N) is 2. The maximum Gasteiger partial charge on any atom is 0.263 e. The molecule has 8 nitrogen and oxygen atoms in total. The molecule has 1 aromatic carbocycles. The second kappa shape index (κ2) is 8.35. The number of anilines is 3. The SMILES string of the molecule is CCC(Nc1nc(N)nc(N)c1C#N)c1cc2ccc(F)cn2c(=O)c1-c1ccccc1. The van der Waals surface area contributed by atoms with Crippen molar-refractivity contribution in [2.45, 2.75) is 19.4 Å². The normalized spacial score (nSPS) is 11.8. The first-order valence-electron chi connectivity index (χ1n) is 9.92. The molecule has 3 heterocycles. The summed E-state index contributed by atoms with van der Waals surface area (Å²) in [6.45, 7) is 1.93. The van der Waals surface area contributed by atoms with Crippen molar-refractivity contribution >= 4 is 23.1 Å². The fourth-order valence-electron chi connectivity index (χ4n) is 3.70. The van der Waals surface area contributed by atoms with Gasteiger partial charge in [0.15, 0.2) is 5.82 Å². The van der Waals surface area contributed by atoms with Crippen LogP contribution >= 0.6 is 0 Å². The standard InChI is InChI=1S/C23H20FN7O/c1-2-18(28-21-17(11-25)20(26)29-23(27)30-21)16-10-15-9-8-14(24)12-31(15)22(32)19(16)13-6-4-3-5-7-13/h3-10,12,18H,2H2,1H3,(H5,26,27,28,29,30). The van der Waals surface area contributed by atoms with Crippen LogP contribution in [0.25, 0.3) is 16.6 Å². The predicted molar refractivity (Wildman–Crippen MR) is 121 cm³/mol. The lowest BCUT2D eigenvalue weighted by molar-refractivity contribution is 0.618. The van der Waals surface area contributed by atoms with Gasteiger partial charge in [-0.1, -0.05) is 37.3 Å². The Hall–Kier alpha value is -4.45. The van der Waals surface area contributed by atoms with Crippen molar-refractivity contribution in [2.75, 3.05) is 16.8 Å². The van der Waals surface area contributed by atoms with Crippen molar-refractivity contribution in [1.29, 1.82) is 5.26 Å². The van der Waals surface area contributed by atoms with E-state index in [1.807, 2.05) is 49.4 Å². The highest BCUT2D eigenvalue weighted by molar-refractivity contribution is 5.72. The molecule has 0 spiro atoms. The summed E-state index contributed by atoms with van der Waals surface area (Å²) in [7, 11) is 0. The Balaban J connectivity index is 1.96. The van der Waals surface area contributed by atoms with Crippen molar-refractivity contribution in [3.8, 4) is 17.2 Å². The number of nitrogens with zero attached hydrogens (tertiary/aromatic N) is 4. The molecule has 0 aliphatic carbocycles. The number of pyridine rings is 2. The van der Waals surface area contributed by atoms with E-state index in [9.17, 15) is 14.4 Å². The smallest absolute Gasteiger partial charge is 0.263 e. The lowest BCUT2D eigenvalue weighted by Crippen LogP contribution is -2.22. The molecule has 4 rings (SSSR count). The highest BCUT2D eigenvalue weighted by Gasteiger charge is 2.22. The van der Waals surface area contributed by atoms with Crippen LogP contribution in [0.1, 0.15) is 30.5 Å². The van der Waals surface area contributed by atoms with E-state index in [0.717, 1.165) is 0 Å². The van der Waals surface area contributed by atoms with Crippen LogP contribution in [0.3, 0.4) is 0 Å². The van der Waals surface area contributed by atoms with Gasteiger partial charge in [0.2, 0.25) is 5.95 Å². The fraction of sp³-hybridized carbons (Fsp3) is 0.130. The summed E-state index contributed by atoms with van der Waals surface area (Å²) in [6.07, 6.45) is 1.72. The average molecular weight is 429 g/mol. The van der Waals surface area contributed by atoms with Crippen molar-refractivity contribution in [1.82, 2.24) is 14.4 Å². The summed E-state index contributed by atoms with van der Waals surface area (Å²) < 4.78 is 15.2. The summed E-state index contributed by atoms with van der Waals surface area (Å²) in [5.74, 6) is -0.435. The Kier molecular flexibility index (Phi) is 5.43. The van der Waals surface area contributed by atoms with Crippen LogP contribution in [-0.4, -0.2) is 14.4 Å². The van der Waals surface area contributed by atoms with Gasteiger partial charge in [0.25, 0.3) is 5.56 Å². The molecule has 0 radical (unpaired) electrons. The van der Waals surface area contributed by atoms with E-state index in [1.165, 1.54) is 16.7 Å². The van der Waals surface area contributed by atoms with E-state index in [0.29, 0.717) is 28.6 Å². The molecule has 0 aliphatic heterocycles. The zero-order chi connectivity index (χ0) is 22.8. The molecular formula is C23H20FN7O. The summed E-state index contributed by atoms with van der Waals surface area (Å²) in [5.41, 5.74) is 13.6. The Labute approximate surface area is 183 Å². The van der Waals surface area contributed by atoms with Crippen LogP contribution in [0.5, 0.6) is 0 Å². The van der Waals surface area contributed by atoms with E-state index in [-0.39, 0.29) is 28.7 Å². The largest absolute Gasteiger partial charge is 0.382 e. The molecule has 1 unspecified atom stereocenters. The van der Waals surface area contributed by atoms with Gasteiger partial charge in [-0.2, -0.15) is 15.2 Å². The van der Waals surface area contributed by atoms with Gasteiger partial charge in [0, 0.05) is 11.7 Å². The Morgan fingerprint density at radius 3 is 2.62 bits per heavy atom. The van der Waals surface area contributed by atoms with Crippen molar-refractivity contribution in [2.24, 2.45) is 0 Å². The lowest BCUT2D eigenvalue weighted by Gasteiger charge is -2.23. The fourth-order valence-corrected chi connectivity index (χ4v) is 3.70. The molecule has 4 aromatic rings. The lowest BCUT2D eigenvalue weighted by atomic mass is 9.94. The molecule has 5 N–H and O–H groups in total. The number of fused-ring (bicyclic) bond motifs is 1. The number of hydrogen-bond acceptors (Lipinski definition) is 7. The summed E-state index contributed by atoms with van der Waals surface area (Å²) in [5, 5.41) is 12.7. The van der Waals surface area contributed by atoms with Gasteiger partial charge in [-0.3, -0.25) is 9.20 Å². The van der Waals surface area contributed by atoms with Gasteiger partial charge < -0.3 is 16.8 Å². The number of nitriles is 1. The van der Waals surface area contributed by atoms with Crippen LogP contribution in [0.4, 0.5) is 22.0 Å². The number of aromatic nitrogens is 3. The topological polar surface area (TPSA) is 135 Å². The zero-order valence-electron chi connectivity index (χ0n) is 17.2. The molecular weight excluding hydrogens is 409 g/mol. The minimum Gasteiger partial charge on any atom is -0.382 e. The van der Waals surface area contributed by atoms with Gasteiger partial charge in [-0.15, -0.1) is 0 Å². The van der Waals surface area contributed by atoms with Gasteiger partial charge in [0.05, 0.1) is 11.6 Å². The molecule has 0 amide bonds. The van der Waals surface area contributed by atoms with E-state index in [1.54, 1.807) is 6.07 Å². The molecule has 0 bridgehead atoms. The van der Waals surface area contributed by atoms with E-state index in [4.69, 9.17) is 11.5 Å². The van der Waals surface area contributed by atoms with Crippen LogP contribution in [-0.2, 0) is 0 Å². The molecule has 0 fully saturated rings. The number of nitrogen functional groups attached to an aromatic ring is 2. The van der Waals surface area contributed by atoms with Gasteiger partial charge in [-0.05, 0) is 35.7 Å². The third-order valence-corrected chi connectivity index (χ3v) is 5.19. The van der Waals surface area contributed by atoms with Crippen LogP contribution in [0.2, 0.25) is 0 Å². The van der Waals surface area contributed by atoms with Crippen molar-refractivity contribution < 1.29 is 4.39 Å². The minimum atomic E-state index is -0.512. The summed E-state index contributed by atoms with van der Waals surface area (Å²) >= 11 is 0. The third kappa shape index (κ3) is 3.70. The first kappa shape index (κ1) is 20.8. The Morgan fingerprint density at radius 1 is 1.19 bits per heavy atom. The number of nitrogens with one attached hydrogen (secondary N) is 1. The third-order valence-electron chi connectivity index (χ3n) is 5.19. The van der Waals surface area contributed by atoms with Crippen LogP contribution in [0.15, 0.2) is 59.5 Å². The van der Waals surface area contributed by atoms with Gasteiger partial charge in [-0.25, -0.2) is 4.39 Å². The van der Waals surface area contributed by atoms with Gasteiger partial charge in [0.1, 0.15) is 23.3 Å². The molecule has 160 valence electrons. The predicted octanol–water partition coefficient (Wildman–Crippen LogP) is 3.49. The second-order valence-corrected chi connectivity index (χ2v) is 7.20. The maximum atomic E-state index is 13.9. The highest BCUT2D eigenvalue weighted by Crippen LogP contribution is 2.32. The van der Waals surface area contributed by atoms with E-state index >= 15 is 0 Å². The molecule has 1 atom stereocenters. The Morgan fingerprint density at radius 2 is 1.94 bits per heavy atom. The van der Waals surface area contributed by atoms with Crippen LogP contribution < -0.4 is 22.3 Å². The second-order valence-electron chi connectivity index (χ2n) is 7.20. The summed E-state index contributed by atoms with van der Waals surface area (Å²) in [6, 6.07) is 15.4. The quantitative estimate of drug-likeness (QED) is 0.442. The molecule has 0 saturated heterocycles. The van der Waals surface area contributed by atoms with Crippen molar-refractivity contribution in [3.05, 3.63) is 82.0 Å². The molecule has 3 aromatic heterocycles. The molecule has 32 heavy (non-hydrogen) atoms. The Bertz CT molecular complexity index is 1410. The number of hydrogen-bond donors (Lipinski definition) is 3. The van der Waals surface area contributed by atoms with E-state index < -0.39 is 11.9 Å². The average Bonchev–Trinajstić information content (AvgIpc) is 2.78. The van der Waals surface area contributed by atoms with E-state index in [2.05, 4.69) is 15.3 Å². The zero-order valence-corrected chi connectivity index (χ0v) is 17.2. The highest BCUT2D eigenvalue weighted by atomic mass is 19.1. The summed E-state index contributed by atoms with van der Waals surface area (Å²) in [4.78, 5) is 21.4. The number of benzene rings is 1. The van der Waals surface area contributed by atoms with Crippen LogP contribution in [0, 0.1) is 17.1 Å². The maximum absolute atomic E-state index is 13.9. The monoisotopic (exact) mass is 429 g/mol. The van der Waals surface area contributed by atoms with Gasteiger partial charge >= 0.3 is 0 Å². The first-order valence-corrected chi connectivity index (χ1v) is 9.92. The molecule has 0 aliphatic rings. The number of rotatable bonds is 5. The minimum absolute atomic E-state index is 0.0327. The van der Waals surface area contributed by atoms with Crippen molar-refractivity contribution in [3.63, 3.8) is 0 Å². The molecule has 9 heteroatoms. The first-order chi connectivity index (χ1) is 15.4. The number of halogens is 1. The molecule has 0 saturated carbocycles.